The molecule has 0 aliphatic rings. The summed E-state index contributed by atoms with van der Waals surface area (Å²) >= 11 is 0. The summed E-state index contributed by atoms with van der Waals surface area (Å²) in [5.41, 5.74) is 18.6. The minimum atomic E-state index is 1.07. The molecule has 0 atom stereocenters. The number of rotatable bonds is 9. The molecule has 11 rings (SSSR count). The minimum absolute atomic E-state index is 1.07. The molecular formula is C60H42N2. The third kappa shape index (κ3) is 6.65. The van der Waals surface area contributed by atoms with E-state index in [-0.39, 0.29) is 0 Å². The highest BCUT2D eigenvalue weighted by Gasteiger charge is 2.22. The van der Waals surface area contributed by atoms with Crippen molar-refractivity contribution in [1.29, 1.82) is 0 Å². The molecule has 0 unspecified atom stereocenters. The van der Waals surface area contributed by atoms with E-state index < -0.39 is 0 Å². The van der Waals surface area contributed by atoms with Gasteiger partial charge in [0.1, 0.15) is 0 Å². The van der Waals surface area contributed by atoms with Gasteiger partial charge in [0.05, 0.1) is 16.7 Å². The molecule has 0 saturated carbocycles. The molecule has 0 radical (unpaired) electrons. The Labute approximate surface area is 362 Å². The molecule has 0 saturated heterocycles. The molecule has 62 heavy (non-hydrogen) atoms. The van der Waals surface area contributed by atoms with Crippen LogP contribution in [-0.2, 0) is 0 Å². The highest BCUT2D eigenvalue weighted by atomic mass is 15.1. The lowest BCUT2D eigenvalue weighted by Crippen LogP contribution is -2.10. The fraction of sp³-hybridized carbons (Fsp3) is 0. The van der Waals surface area contributed by atoms with Crippen molar-refractivity contribution >= 4 is 38.9 Å². The van der Waals surface area contributed by atoms with Crippen LogP contribution in [0.3, 0.4) is 0 Å². The first-order valence-electron chi connectivity index (χ1n) is 21.3. The monoisotopic (exact) mass is 790 g/mol. The van der Waals surface area contributed by atoms with Gasteiger partial charge in [-0.15, -0.1) is 0 Å². The van der Waals surface area contributed by atoms with Crippen LogP contribution in [-0.4, -0.2) is 4.57 Å². The quantitative estimate of drug-likeness (QED) is 0.141. The normalized spacial score (nSPS) is 11.2. The van der Waals surface area contributed by atoms with Crippen LogP contribution in [0.25, 0.3) is 83.1 Å². The van der Waals surface area contributed by atoms with Crippen LogP contribution in [0.2, 0.25) is 0 Å². The minimum Gasteiger partial charge on any atom is -0.310 e. The van der Waals surface area contributed by atoms with Crippen LogP contribution in [0, 0.1) is 0 Å². The Hall–Kier alpha value is -8.20. The first-order chi connectivity index (χ1) is 30.8. The van der Waals surface area contributed by atoms with Gasteiger partial charge in [-0.2, -0.15) is 0 Å². The highest BCUT2D eigenvalue weighted by molar-refractivity contribution is 6.11. The molecule has 1 heterocycles. The first kappa shape index (κ1) is 36.8. The van der Waals surface area contributed by atoms with Gasteiger partial charge in [-0.25, -0.2) is 0 Å². The topological polar surface area (TPSA) is 8.17 Å². The van der Waals surface area contributed by atoms with Crippen LogP contribution in [0.5, 0.6) is 0 Å². The molecule has 0 amide bonds. The fourth-order valence-electron chi connectivity index (χ4n) is 9.22. The van der Waals surface area contributed by atoms with Crippen LogP contribution in [0.1, 0.15) is 0 Å². The Bertz CT molecular complexity index is 3320. The summed E-state index contributed by atoms with van der Waals surface area (Å²) in [5.74, 6) is 0. The molecule has 0 bridgehead atoms. The summed E-state index contributed by atoms with van der Waals surface area (Å²) in [6.07, 6.45) is 0. The molecular weight excluding hydrogens is 749 g/mol. The lowest BCUT2D eigenvalue weighted by Gasteiger charge is -2.27. The van der Waals surface area contributed by atoms with Crippen molar-refractivity contribution < 1.29 is 0 Å². The predicted octanol–water partition coefficient (Wildman–Crippen LogP) is 16.6. The Morgan fingerprint density at radius 1 is 0.258 bits per heavy atom. The molecule has 0 fully saturated rings. The summed E-state index contributed by atoms with van der Waals surface area (Å²) in [6.45, 7) is 0. The van der Waals surface area contributed by atoms with Gasteiger partial charge in [-0.1, -0.05) is 206 Å². The maximum Gasteiger partial charge on any atom is 0.0562 e. The molecule has 11 aromatic rings. The van der Waals surface area contributed by atoms with Crippen molar-refractivity contribution in [2.75, 3.05) is 4.90 Å². The van der Waals surface area contributed by atoms with Crippen LogP contribution >= 0.6 is 0 Å². The van der Waals surface area contributed by atoms with Crippen LogP contribution < -0.4 is 4.90 Å². The highest BCUT2D eigenvalue weighted by Crippen LogP contribution is 2.46. The Balaban J connectivity index is 1.15. The number of para-hydroxylation sites is 2. The number of nitrogens with zero attached hydrogens (tertiary/aromatic N) is 2. The van der Waals surface area contributed by atoms with E-state index in [9.17, 15) is 0 Å². The average molecular weight is 791 g/mol. The Kier molecular flexibility index (Phi) is 9.57. The molecule has 2 heteroatoms. The Morgan fingerprint density at radius 3 is 1.40 bits per heavy atom. The SMILES string of the molecule is c1ccc(-c2ccccc2-c2ccc(N(c3ccccc3)c3ccc4c5ccccc5n(-c5cccc(-c6ccccc6)c5-c5ccccc5)c4c3)cc2-c2ccccc2)cc1. The molecule has 292 valence electrons. The molecule has 0 aliphatic heterocycles. The van der Waals surface area contributed by atoms with E-state index in [1.54, 1.807) is 0 Å². The Morgan fingerprint density at radius 2 is 0.726 bits per heavy atom. The van der Waals surface area contributed by atoms with E-state index in [4.69, 9.17) is 0 Å². The van der Waals surface area contributed by atoms with Gasteiger partial charge in [-0.3, -0.25) is 0 Å². The second-order valence-electron chi connectivity index (χ2n) is 15.7. The van der Waals surface area contributed by atoms with Crippen LogP contribution in [0.15, 0.2) is 255 Å². The molecule has 2 nitrogen and oxygen atoms in total. The van der Waals surface area contributed by atoms with Crippen molar-refractivity contribution in [2.45, 2.75) is 0 Å². The van der Waals surface area contributed by atoms with Crippen molar-refractivity contribution in [2.24, 2.45) is 0 Å². The molecule has 0 spiro atoms. The van der Waals surface area contributed by atoms with E-state index in [1.807, 2.05) is 0 Å². The van der Waals surface area contributed by atoms with E-state index in [1.165, 1.54) is 71.9 Å². The zero-order valence-electron chi connectivity index (χ0n) is 34.1. The zero-order chi connectivity index (χ0) is 41.2. The van der Waals surface area contributed by atoms with Crippen LogP contribution in [0.4, 0.5) is 17.1 Å². The maximum absolute atomic E-state index is 2.48. The standard InChI is InChI=1S/C60H42N2/c1-6-21-43(22-7-1)50-31-16-17-32-52(50)53-39-37-48(41-56(53)45-25-10-3-11-26-45)61(47-29-14-5-15-30-47)49-38-40-55-54-33-18-19-35-57(54)62(59(55)42-49)58-36-20-34-51(44-23-8-2-9-24-44)60(58)46-27-12-4-13-28-46/h1-42H. The van der Waals surface area contributed by atoms with Gasteiger partial charge in [-0.05, 0) is 98.6 Å². The zero-order valence-corrected chi connectivity index (χ0v) is 34.1. The maximum atomic E-state index is 2.48. The number of anilines is 3. The summed E-state index contributed by atoms with van der Waals surface area (Å²) < 4.78 is 2.48. The molecule has 0 N–H and O–H groups in total. The number of aromatic nitrogens is 1. The number of hydrogen-bond acceptors (Lipinski definition) is 1. The van der Waals surface area contributed by atoms with Gasteiger partial charge in [0.2, 0.25) is 0 Å². The van der Waals surface area contributed by atoms with Gasteiger partial charge < -0.3 is 9.47 Å². The number of hydrogen-bond donors (Lipinski definition) is 0. The van der Waals surface area contributed by atoms with E-state index in [0.29, 0.717) is 0 Å². The predicted molar refractivity (Wildman–Crippen MR) is 263 cm³/mol. The number of benzene rings is 10. The lowest BCUT2D eigenvalue weighted by molar-refractivity contribution is 1.18. The smallest absolute Gasteiger partial charge is 0.0562 e. The van der Waals surface area contributed by atoms with Crippen molar-refractivity contribution in [1.82, 2.24) is 4.57 Å². The van der Waals surface area contributed by atoms with Gasteiger partial charge in [0.15, 0.2) is 0 Å². The first-order valence-corrected chi connectivity index (χ1v) is 21.3. The summed E-state index contributed by atoms with van der Waals surface area (Å²) in [6, 6.07) is 92.1. The summed E-state index contributed by atoms with van der Waals surface area (Å²) in [7, 11) is 0. The van der Waals surface area contributed by atoms with Gasteiger partial charge >= 0.3 is 0 Å². The van der Waals surface area contributed by atoms with Crippen molar-refractivity contribution in [3.63, 3.8) is 0 Å². The number of fused-ring (bicyclic) bond motifs is 3. The van der Waals surface area contributed by atoms with Gasteiger partial charge in [0, 0.05) is 33.4 Å². The fourth-order valence-corrected chi connectivity index (χ4v) is 9.22. The van der Waals surface area contributed by atoms with Crippen molar-refractivity contribution in [3.05, 3.63) is 255 Å². The van der Waals surface area contributed by atoms with Gasteiger partial charge in [0.25, 0.3) is 0 Å². The third-order valence-corrected chi connectivity index (χ3v) is 12.0. The average Bonchev–Trinajstić information content (AvgIpc) is 3.69. The van der Waals surface area contributed by atoms with E-state index in [0.717, 1.165) is 28.3 Å². The summed E-state index contributed by atoms with van der Waals surface area (Å²) in [4.78, 5) is 2.40. The van der Waals surface area contributed by atoms with E-state index >= 15 is 0 Å². The molecule has 1 aromatic heterocycles. The van der Waals surface area contributed by atoms with E-state index in [2.05, 4.69) is 264 Å². The largest absolute Gasteiger partial charge is 0.310 e. The lowest BCUT2D eigenvalue weighted by atomic mass is 9.89. The van der Waals surface area contributed by atoms with Crippen molar-refractivity contribution in [3.8, 4) is 61.3 Å². The molecule has 0 aliphatic carbocycles. The summed E-state index contributed by atoms with van der Waals surface area (Å²) in [5, 5.41) is 2.43. The second-order valence-corrected chi connectivity index (χ2v) is 15.7. The third-order valence-electron chi connectivity index (χ3n) is 12.0. The second kappa shape index (κ2) is 16.1. The molecule has 10 aromatic carbocycles.